The molecule has 222 valence electrons. The lowest BCUT2D eigenvalue weighted by Gasteiger charge is -2.32. The van der Waals surface area contributed by atoms with Gasteiger partial charge in [0.1, 0.15) is 0 Å². The van der Waals surface area contributed by atoms with Gasteiger partial charge in [-0.15, -0.1) is 0 Å². The van der Waals surface area contributed by atoms with Crippen molar-refractivity contribution < 1.29 is 4.74 Å². The van der Waals surface area contributed by atoms with Gasteiger partial charge >= 0.3 is 0 Å². The Morgan fingerprint density at radius 1 is 1.20 bits per heavy atom. The highest BCUT2D eigenvalue weighted by Crippen LogP contribution is 2.33. The van der Waals surface area contributed by atoms with Crippen molar-refractivity contribution >= 4 is 11.8 Å². The fourth-order valence-corrected chi connectivity index (χ4v) is 4.55. The largest absolute Gasteiger partial charge is 0.405 e. The molecule has 0 radical (unpaired) electrons. The number of nitrogens with zero attached hydrogens (tertiary/aromatic N) is 2. The fraction of sp³-hybridized carbons (Fsp3) is 0.405. The van der Waals surface area contributed by atoms with Crippen LogP contribution in [0.15, 0.2) is 91.4 Å². The molecule has 4 nitrogen and oxygen atoms in total. The first-order valence-corrected chi connectivity index (χ1v) is 14.7. The molecule has 41 heavy (non-hydrogen) atoms. The van der Waals surface area contributed by atoms with Crippen molar-refractivity contribution in [1.29, 1.82) is 0 Å². The predicted molar refractivity (Wildman–Crippen MR) is 180 cm³/mol. The molecule has 1 unspecified atom stereocenters. The van der Waals surface area contributed by atoms with Crippen molar-refractivity contribution in [2.75, 3.05) is 6.61 Å². The van der Waals surface area contributed by atoms with Crippen molar-refractivity contribution in [3.63, 3.8) is 0 Å². The molecule has 0 aliphatic carbocycles. The maximum atomic E-state index is 5.74. The zero-order valence-corrected chi connectivity index (χ0v) is 26.7. The molecule has 1 aliphatic heterocycles. The Balaban J connectivity index is 0.000000723. The van der Waals surface area contributed by atoms with Crippen LogP contribution >= 0.6 is 0 Å². The first kappa shape index (κ1) is 35.5. The second-order valence-corrected chi connectivity index (χ2v) is 11.2. The molecule has 2 aromatic rings. The summed E-state index contributed by atoms with van der Waals surface area (Å²) in [5.41, 5.74) is 13.6. The molecule has 0 bridgehead atoms. The number of aryl methyl sites for hydroxylation is 1. The van der Waals surface area contributed by atoms with E-state index >= 15 is 0 Å². The highest BCUT2D eigenvalue weighted by Gasteiger charge is 2.28. The van der Waals surface area contributed by atoms with E-state index < -0.39 is 0 Å². The fourth-order valence-electron chi connectivity index (χ4n) is 4.55. The van der Waals surface area contributed by atoms with E-state index in [1.807, 2.05) is 37.4 Å². The molecular weight excluding hydrogens is 502 g/mol. The zero-order valence-electron chi connectivity index (χ0n) is 26.7. The molecule has 1 atom stereocenters. The van der Waals surface area contributed by atoms with E-state index in [4.69, 9.17) is 9.72 Å². The van der Waals surface area contributed by atoms with Gasteiger partial charge in [0.2, 0.25) is 0 Å². The van der Waals surface area contributed by atoms with Gasteiger partial charge in [0, 0.05) is 29.9 Å². The van der Waals surface area contributed by atoms with Gasteiger partial charge < -0.3 is 10.5 Å². The van der Waals surface area contributed by atoms with Crippen LogP contribution in [0.1, 0.15) is 94.3 Å². The third kappa shape index (κ3) is 12.3. The number of rotatable bonds is 10. The molecule has 2 N–H and O–H groups in total. The quantitative estimate of drug-likeness (QED) is 0.235. The van der Waals surface area contributed by atoms with Gasteiger partial charge in [-0.1, -0.05) is 110 Å². The second-order valence-electron chi connectivity index (χ2n) is 11.2. The van der Waals surface area contributed by atoms with Gasteiger partial charge in [-0.2, -0.15) is 0 Å². The third-order valence-corrected chi connectivity index (χ3v) is 7.04. The Morgan fingerprint density at radius 2 is 1.90 bits per heavy atom. The van der Waals surface area contributed by atoms with E-state index in [-0.39, 0.29) is 5.41 Å². The Hall–Kier alpha value is -3.50. The maximum absolute atomic E-state index is 5.74. The van der Waals surface area contributed by atoms with Gasteiger partial charge in [-0.3, -0.25) is 9.98 Å². The van der Waals surface area contributed by atoms with E-state index in [2.05, 4.69) is 96.3 Å². The van der Waals surface area contributed by atoms with E-state index in [9.17, 15) is 0 Å². The van der Waals surface area contributed by atoms with Gasteiger partial charge in [0.15, 0.2) is 0 Å². The van der Waals surface area contributed by atoms with Gasteiger partial charge in [-0.05, 0) is 71.5 Å². The molecule has 1 aliphatic rings. The van der Waals surface area contributed by atoms with Crippen LogP contribution in [0.2, 0.25) is 0 Å². The Morgan fingerprint density at radius 3 is 2.46 bits per heavy atom. The minimum atomic E-state index is 0.0463. The lowest BCUT2D eigenvalue weighted by molar-refractivity contribution is 0.0641. The predicted octanol–water partition coefficient (Wildman–Crippen LogP) is 9.44. The van der Waals surface area contributed by atoms with Crippen LogP contribution < -0.4 is 5.73 Å². The number of hydrogen-bond acceptors (Lipinski definition) is 4. The zero-order chi connectivity index (χ0) is 30.8. The number of aromatic nitrogens is 1. The minimum Gasteiger partial charge on any atom is -0.405 e. The topological polar surface area (TPSA) is 60.5 Å². The molecule has 0 fully saturated rings. The lowest BCUT2D eigenvalue weighted by atomic mass is 9.80. The Bertz CT molecular complexity index is 1220. The number of nitrogens with two attached hydrogens (primary N) is 1. The molecule has 0 saturated carbocycles. The smallest absolute Gasteiger partial charge is 0.0720 e. The van der Waals surface area contributed by atoms with Crippen LogP contribution in [0.25, 0.3) is 6.08 Å². The number of fused-ring (bicyclic) bond motifs is 1. The molecule has 3 rings (SSSR count). The maximum Gasteiger partial charge on any atom is 0.0720 e. The van der Waals surface area contributed by atoms with E-state index in [1.54, 1.807) is 0 Å². The molecule has 4 heteroatoms. The lowest BCUT2D eigenvalue weighted by Crippen LogP contribution is -2.30. The van der Waals surface area contributed by atoms with E-state index in [1.165, 1.54) is 53.9 Å². The second kappa shape index (κ2) is 18.8. The summed E-state index contributed by atoms with van der Waals surface area (Å²) in [7, 11) is 0. The molecule has 0 amide bonds. The van der Waals surface area contributed by atoms with E-state index in [0.29, 0.717) is 6.61 Å². The summed E-state index contributed by atoms with van der Waals surface area (Å²) in [6, 6.07) is 8.89. The molecule has 1 aromatic carbocycles. The monoisotopic (exact) mass is 555 g/mol. The normalized spacial score (nSPS) is 14.8. The molecule has 0 saturated heterocycles. The van der Waals surface area contributed by atoms with Crippen LogP contribution in [0, 0.1) is 12.8 Å². The number of benzene rings is 1. The van der Waals surface area contributed by atoms with Crippen molar-refractivity contribution in [2.24, 2.45) is 16.6 Å². The summed E-state index contributed by atoms with van der Waals surface area (Å²) in [4.78, 5) is 8.98. The average Bonchev–Trinajstić information content (AvgIpc) is 2.93. The Kier molecular flexibility index (Phi) is 16.3. The highest BCUT2D eigenvalue weighted by atomic mass is 16.5. The summed E-state index contributed by atoms with van der Waals surface area (Å²) in [6.07, 6.45) is 17.5. The van der Waals surface area contributed by atoms with Crippen molar-refractivity contribution in [1.82, 2.24) is 4.98 Å². The molecule has 0 spiro atoms. The highest BCUT2D eigenvalue weighted by molar-refractivity contribution is 6.10. The standard InChI is InChI=1S/C28H32N2O.C7H16.C2H5N/c1-7-9-27(29-8-2)20(3)10-12-23-17-30-25(14-21(23)4)15-22-11-13-24-18-31-19-28(5,6)26(24)16-22;1-4-6-7(3)5-2;1-2-3/h7-14,16-17H,2-3,15,18-19H2,1,4-6H3;7H,4-6H2,1-3H3;2H,1,3H2/b9-7-,12-10-,29-27?;;. The Labute approximate surface area is 250 Å². The summed E-state index contributed by atoms with van der Waals surface area (Å²) in [5, 5.41) is 0. The van der Waals surface area contributed by atoms with Gasteiger partial charge in [-0.25, -0.2) is 0 Å². The number of pyridine rings is 1. The van der Waals surface area contributed by atoms with Crippen molar-refractivity contribution in [2.45, 2.75) is 86.2 Å². The van der Waals surface area contributed by atoms with Crippen molar-refractivity contribution in [3.8, 4) is 0 Å². The van der Waals surface area contributed by atoms with Crippen LogP contribution in [-0.4, -0.2) is 17.3 Å². The van der Waals surface area contributed by atoms with Crippen LogP contribution in [-0.2, 0) is 23.2 Å². The van der Waals surface area contributed by atoms with Crippen LogP contribution in [0.3, 0.4) is 0 Å². The van der Waals surface area contributed by atoms with E-state index in [0.717, 1.165) is 41.5 Å². The van der Waals surface area contributed by atoms with Crippen molar-refractivity contribution in [3.05, 3.63) is 120 Å². The number of hydrogen-bond donors (Lipinski definition) is 1. The summed E-state index contributed by atoms with van der Waals surface area (Å²) < 4.78 is 5.74. The number of allylic oxidation sites excluding steroid dienone is 4. The molecule has 1 aromatic heterocycles. The first-order valence-electron chi connectivity index (χ1n) is 14.7. The molecular formula is C37H53N3O. The average molecular weight is 556 g/mol. The summed E-state index contributed by atoms with van der Waals surface area (Å²) in [6.45, 7) is 27.8. The van der Waals surface area contributed by atoms with Crippen LogP contribution in [0.5, 0.6) is 0 Å². The summed E-state index contributed by atoms with van der Waals surface area (Å²) >= 11 is 0. The SMILES string of the molecule is C=CN.C=CN=C(/C=C\C)C(=C)/C=C\c1cnc(Cc2ccc3c(c2)C(C)(C)COC3)cc1C.CCCC(C)CC. The first-order chi connectivity index (χ1) is 19.6. The van der Waals surface area contributed by atoms with Gasteiger partial charge in [0.25, 0.3) is 0 Å². The summed E-state index contributed by atoms with van der Waals surface area (Å²) in [5.74, 6) is 0.949. The number of aliphatic imine (C=N–C) groups is 1. The van der Waals surface area contributed by atoms with Gasteiger partial charge in [0.05, 0.1) is 18.9 Å². The van der Waals surface area contributed by atoms with Crippen LogP contribution in [0.4, 0.5) is 0 Å². The minimum absolute atomic E-state index is 0.0463. The number of ether oxygens (including phenoxy) is 1. The molecule has 2 heterocycles. The third-order valence-electron chi connectivity index (χ3n) is 7.04.